The summed E-state index contributed by atoms with van der Waals surface area (Å²) in [6.07, 6.45) is 0. The number of morpholine rings is 1. The van der Waals surface area contributed by atoms with Crippen LogP contribution in [0, 0.1) is 0 Å². The fourth-order valence-corrected chi connectivity index (χ4v) is 3.45. The van der Waals surface area contributed by atoms with Gasteiger partial charge in [0, 0.05) is 19.6 Å². The average molecular weight is 346 g/mol. The van der Waals surface area contributed by atoms with E-state index in [0.717, 1.165) is 26.3 Å². The molecule has 0 bridgehead atoms. The van der Waals surface area contributed by atoms with E-state index in [2.05, 4.69) is 27.0 Å². The van der Waals surface area contributed by atoms with Crippen molar-refractivity contribution >= 4 is 17.2 Å². The van der Waals surface area contributed by atoms with Gasteiger partial charge in [-0.25, -0.2) is 0 Å². The summed E-state index contributed by atoms with van der Waals surface area (Å²) in [4.78, 5) is 14.5. The number of para-hydroxylation sites is 1. The van der Waals surface area contributed by atoms with Crippen LogP contribution in [0.1, 0.15) is 11.6 Å². The van der Waals surface area contributed by atoms with Crippen molar-refractivity contribution in [2.75, 3.05) is 39.5 Å². The monoisotopic (exact) mass is 346 g/mol. The van der Waals surface area contributed by atoms with E-state index in [1.54, 1.807) is 11.3 Å². The summed E-state index contributed by atoms with van der Waals surface area (Å²) in [6.45, 7) is 3.86. The molecule has 1 aromatic carbocycles. The first-order chi connectivity index (χ1) is 11.8. The lowest BCUT2D eigenvalue weighted by atomic mass is 10.1. The van der Waals surface area contributed by atoms with Gasteiger partial charge in [-0.2, -0.15) is 11.3 Å². The molecule has 1 amide bonds. The molecule has 0 unspecified atom stereocenters. The maximum absolute atomic E-state index is 12.1. The Hall–Kier alpha value is -1.89. The molecule has 2 aromatic rings. The standard InChI is InChI=1S/C18H22N2O3S/c21-18(13-23-16-4-2-1-3-5-16)19-12-17(15-6-11-24-14-15)20-7-9-22-10-8-20/h1-6,11,14,17H,7-10,12-13H2,(H,19,21)/t17-/m0/s1. The molecule has 1 atom stereocenters. The van der Waals surface area contributed by atoms with Crippen LogP contribution in [0.2, 0.25) is 0 Å². The third-order valence-electron chi connectivity index (χ3n) is 4.02. The van der Waals surface area contributed by atoms with Crippen molar-refractivity contribution in [1.82, 2.24) is 10.2 Å². The van der Waals surface area contributed by atoms with Crippen LogP contribution in [0.5, 0.6) is 5.75 Å². The first-order valence-corrected chi connectivity index (χ1v) is 9.05. The fourth-order valence-electron chi connectivity index (χ4n) is 2.74. The number of hydrogen-bond donors (Lipinski definition) is 1. The van der Waals surface area contributed by atoms with Gasteiger partial charge in [0.25, 0.3) is 5.91 Å². The Kier molecular flexibility index (Phi) is 6.23. The predicted molar refractivity (Wildman–Crippen MR) is 94.4 cm³/mol. The Morgan fingerprint density at radius 3 is 2.75 bits per heavy atom. The number of nitrogens with one attached hydrogen (secondary N) is 1. The van der Waals surface area contributed by atoms with Gasteiger partial charge in [-0.1, -0.05) is 18.2 Å². The summed E-state index contributed by atoms with van der Waals surface area (Å²) >= 11 is 1.68. The van der Waals surface area contributed by atoms with Crippen molar-refractivity contribution in [2.24, 2.45) is 0 Å². The third kappa shape index (κ3) is 4.80. The molecule has 1 N–H and O–H groups in total. The van der Waals surface area contributed by atoms with Crippen LogP contribution in [0.15, 0.2) is 47.2 Å². The van der Waals surface area contributed by atoms with Crippen molar-refractivity contribution in [3.8, 4) is 5.75 Å². The van der Waals surface area contributed by atoms with E-state index in [1.807, 2.05) is 30.3 Å². The summed E-state index contributed by atoms with van der Waals surface area (Å²) in [5.41, 5.74) is 1.24. The average Bonchev–Trinajstić information content (AvgIpc) is 3.16. The SMILES string of the molecule is O=C(COc1ccccc1)NC[C@@H](c1ccsc1)N1CCOCC1. The lowest BCUT2D eigenvalue weighted by Crippen LogP contribution is -2.44. The van der Waals surface area contributed by atoms with E-state index in [9.17, 15) is 4.79 Å². The molecule has 1 aliphatic rings. The summed E-state index contributed by atoms with van der Waals surface area (Å²) < 4.78 is 10.9. The Morgan fingerprint density at radius 2 is 2.04 bits per heavy atom. The van der Waals surface area contributed by atoms with Gasteiger partial charge in [0.1, 0.15) is 5.75 Å². The van der Waals surface area contributed by atoms with Crippen LogP contribution in [-0.2, 0) is 9.53 Å². The van der Waals surface area contributed by atoms with Gasteiger partial charge in [0.2, 0.25) is 0 Å². The van der Waals surface area contributed by atoms with Gasteiger partial charge in [0.05, 0.1) is 19.3 Å². The Bertz CT molecular complexity index is 612. The number of thiophene rings is 1. The molecule has 0 aliphatic carbocycles. The quantitative estimate of drug-likeness (QED) is 0.836. The molecule has 24 heavy (non-hydrogen) atoms. The molecule has 0 spiro atoms. The molecule has 0 saturated carbocycles. The number of carbonyl (C=O) groups is 1. The summed E-state index contributed by atoms with van der Waals surface area (Å²) in [6, 6.07) is 11.7. The highest BCUT2D eigenvalue weighted by molar-refractivity contribution is 7.07. The van der Waals surface area contributed by atoms with E-state index < -0.39 is 0 Å². The van der Waals surface area contributed by atoms with Crippen molar-refractivity contribution in [3.05, 3.63) is 52.7 Å². The first kappa shape index (κ1) is 17.0. The van der Waals surface area contributed by atoms with E-state index >= 15 is 0 Å². The van der Waals surface area contributed by atoms with Crippen LogP contribution < -0.4 is 10.1 Å². The molecule has 3 rings (SSSR count). The van der Waals surface area contributed by atoms with E-state index in [0.29, 0.717) is 12.3 Å². The van der Waals surface area contributed by atoms with Crippen LogP contribution in [-0.4, -0.2) is 50.3 Å². The zero-order chi connectivity index (χ0) is 16.6. The Labute approximate surface area is 146 Å². The van der Waals surface area contributed by atoms with Gasteiger partial charge in [-0.15, -0.1) is 0 Å². The molecule has 1 saturated heterocycles. The van der Waals surface area contributed by atoms with Crippen molar-refractivity contribution < 1.29 is 14.3 Å². The maximum atomic E-state index is 12.1. The predicted octanol–water partition coefficient (Wildman–Crippen LogP) is 2.32. The molecule has 128 valence electrons. The Balaban J connectivity index is 1.52. The van der Waals surface area contributed by atoms with Gasteiger partial charge < -0.3 is 14.8 Å². The van der Waals surface area contributed by atoms with Crippen molar-refractivity contribution in [2.45, 2.75) is 6.04 Å². The second-order valence-corrected chi connectivity index (χ2v) is 6.41. The minimum atomic E-state index is -0.104. The second kappa shape index (κ2) is 8.82. The summed E-state index contributed by atoms with van der Waals surface area (Å²) in [7, 11) is 0. The largest absolute Gasteiger partial charge is 0.484 e. The molecule has 1 fully saturated rings. The number of benzene rings is 1. The second-order valence-electron chi connectivity index (χ2n) is 5.63. The molecule has 0 radical (unpaired) electrons. The van der Waals surface area contributed by atoms with Crippen molar-refractivity contribution in [1.29, 1.82) is 0 Å². The van der Waals surface area contributed by atoms with E-state index in [4.69, 9.17) is 9.47 Å². The summed E-state index contributed by atoms with van der Waals surface area (Å²) in [5, 5.41) is 7.21. The first-order valence-electron chi connectivity index (χ1n) is 8.11. The zero-order valence-corrected chi connectivity index (χ0v) is 14.3. The molecule has 2 heterocycles. The number of nitrogens with zero attached hydrogens (tertiary/aromatic N) is 1. The smallest absolute Gasteiger partial charge is 0.258 e. The van der Waals surface area contributed by atoms with Gasteiger partial charge in [-0.3, -0.25) is 9.69 Å². The number of rotatable bonds is 7. The normalized spacial score (nSPS) is 16.5. The number of carbonyl (C=O) groups excluding carboxylic acids is 1. The highest BCUT2D eigenvalue weighted by Crippen LogP contribution is 2.23. The third-order valence-corrected chi connectivity index (χ3v) is 4.72. The minimum absolute atomic E-state index is 0.0312. The number of ether oxygens (including phenoxy) is 2. The molecular formula is C18H22N2O3S. The molecule has 6 heteroatoms. The Morgan fingerprint density at radius 1 is 1.25 bits per heavy atom. The highest BCUT2D eigenvalue weighted by Gasteiger charge is 2.23. The van der Waals surface area contributed by atoms with Crippen LogP contribution in [0.3, 0.4) is 0 Å². The van der Waals surface area contributed by atoms with Gasteiger partial charge in [-0.05, 0) is 34.5 Å². The lowest BCUT2D eigenvalue weighted by Gasteiger charge is -2.34. The van der Waals surface area contributed by atoms with Crippen LogP contribution in [0.25, 0.3) is 0 Å². The summed E-state index contributed by atoms with van der Waals surface area (Å²) in [5.74, 6) is 0.600. The van der Waals surface area contributed by atoms with Gasteiger partial charge >= 0.3 is 0 Å². The number of hydrogen-bond acceptors (Lipinski definition) is 5. The minimum Gasteiger partial charge on any atom is -0.484 e. The topological polar surface area (TPSA) is 50.8 Å². The molecule has 1 aliphatic heterocycles. The van der Waals surface area contributed by atoms with Crippen LogP contribution in [0.4, 0.5) is 0 Å². The number of amides is 1. The van der Waals surface area contributed by atoms with Gasteiger partial charge in [0.15, 0.2) is 6.61 Å². The molecule has 5 nitrogen and oxygen atoms in total. The van der Waals surface area contributed by atoms with Crippen LogP contribution >= 0.6 is 11.3 Å². The maximum Gasteiger partial charge on any atom is 0.258 e. The zero-order valence-electron chi connectivity index (χ0n) is 13.5. The lowest BCUT2D eigenvalue weighted by molar-refractivity contribution is -0.123. The molecular weight excluding hydrogens is 324 g/mol. The van der Waals surface area contributed by atoms with E-state index in [1.165, 1.54) is 5.56 Å². The molecule has 1 aromatic heterocycles. The fraction of sp³-hybridized carbons (Fsp3) is 0.389. The highest BCUT2D eigenvalue weighted by atomic mass is 32.1. The van der Waals surface area contributed by atoms with E-state index in [-0.39, 0.29) is 18.6 Å². The van der Waals surface area contributed by atoms with Crippen molar-refractivity contribution in [3.63, 3.8) is 0 Å².